The van der Waals surface area contributed by atoms with Crippen molar-refractivity contribution in [2.24, 2.45) is 5.92 Å². The lowest BCUT2D eigenvalue weighted by atomic mass is 10.1. The van der Waals surface area contributed by atoms with Crippen LogP contribution in [0.1, 0.15) is 29.2 Å². The molecule has 2 aliphatic rings. The number of benzene rings is 1. The van der Waals surface area contributed by atoms with Crippen molar-refractivity contribution in [3.63, 3.8) is 0 Å². The van der Waals surface area contributed by atoms with Crippen LogP contribution in [0.4, 0.5) is 0 Å². The normalized spacial score (nSPS) is 18.6. The van der Waals surface area contributed by atoms with Gasteiger partial charge in [-0.05, 0) is 24.5 Å². The molecular formula is C21H24ClN3O4S. The van der Waals surface area contributed by atoms with E-state index in [0.717, 1.165) is 11.3 Å². The molecule has 30 heavy (non-hydrogen) atoms. The Kier molecular flexibility index (Phi) is 6.15. The summed E-state index contributed by atoms with van der Waals surface area (Å²) in [7, 11) is 0. The predicted molar refractivity (Wildman–Crippen MR) is 115 cm³/mol. The van der Waals surface area contributed by atoms with Gasteiger partial charge < -0.3 is 19.3 Å². The zero-order valence-corrected chi connectivity index (χ0v) is 18.5. The van der Waals surface area contributed by atoms with E-state index in [1.807, 2.05) is 18.2 Å². The van der Waals surface area contributed by atoms with Crippen molar-refractivity contribution >= 4 is 34.8 Å². The number of nitrogens with zero attached hydrogens (tertiary/aromatic N) is 3. The first-order valence-electron chi connectivity index (χ1n) is 10.0. The van der Waals surface area contributed by atoms with Crippen LogP contribution in [0.5, 0.6) is 11.5 Å². The van der Waals surface area contributed by atoms with E-state index in [4.69, 9.17) is 21.1 Å². The molecule has 0 aliphatic carbocycles. The number of amides is 2. The number of thiazole rings is 1. The molecule has 9 heteroatoms. The number of aromatic nitrogens is 1. The number of halogens is 1. The minimum Gasteiger partial charge on any atom is -0.485 e. The summed E-state index contributed by atoms with van der Waals surface area (Å²) in [6, 6.07) is 7.32. The van der Waals surface area contributed by atoms with E-state index in [1.54, 1.807) is 15.9 Å². The van der Waals surface area contributed by atoms with Crippen LogP contribution in [0.2, 0.25) is 4.47 Å². The van der Waals surface area contributed by atoms with Gasteiger partial charge in [-0.3, -0.25) is 9.59 Å². The lowest BCUT2D eigenvalue weighted by Gasteiger charge is -2.37. The van der Waals surface area contributed by atoms with Gasteiger partial charge in [-0.25, -0.2) is 4.98 Å². The first kappa shape index (κ1) is 20.9. The Morgan fingerprint density at radius 1 is 1.17 bits per heavy atom. The highest BCUT2D eigenvalue weighted by Gasteiger charge is 2.34. The third-order valence-electron chi connectivity index (χ3n) is 5.13. The highest BCUT2D eigenvalue weighted by molar-refractivity contribution is 7.16. The average Bonchev–Trinajstić information content (AvgIpc) is 3.11. The number of piperazine rings is 1. The molecule has 1 aromatic heterocycles. The molecule has 2 amide bonds. The standard InChI is InChI=1S/C21H24ClN3O4S/c1-13(2)11-17-18(23-21(22)30-17)20(27)25-9-7-24(8-10-25)19(26)16-12-28-14-5-3-4-6-15(14)29-16/h3-6,13,16H,7-12H2,1-2H3/t16-/m0/s1. The third kappa shape index (κ3) is 4.39. The number of carbonyl (C=O) groups excluding carboxylic acids is 2. The topological polar surface area (TPSA) is 72.0 Å². The molecular weight excluding hydrogens is 426 g/mol. The van der Waals surface area contributed by atoms with Crippen LogP contribution in [0.15, 0.2) is 24.3 Å². The van der Waals surface area contributed by atoms with Crippen LogP contribution < -0.4 is 9.47 Å². The predicted octanol–water partition coefficient (Wildman–Crippen LogP) is 3.12. The van der Waals surface area contributed by atoms with Crippen molar-refractivity contribution in [1.29, 1.82) is 0 Å². The highest BCUT2D eigenvalue weighted by Crippen LogP contribution is 2.31. The molecule has 0 bridgehead atoms. The Morgan fingerprint density at radius 2 is 1.83 bits per heavy atom. The molecule has 2 aromatic rings. The van der Waals surface area contributed by atoms with E-state index in [-0.39, 0.29) is 18.4 Å². The number of hydrogen-bond donors (Lipinski definition) is 0. The third-order valence-corrected chi connectivity index (χ3v) is 6.31. The van der Waals surface area contributed by atoms with Crippen molar-refractivity contribution in [3.8, 4) is 11.5 Å². The van der Waals surface area contributed by atoms with E-state index in [9.17, 15) is 9.59 Å². The summed E-state index contributed by atoms with van der Waals surface area (Å²) < 4.78 is 11.9. The van der Waals surface area contributed by atoms with Gasteiger partial charge in [0.05, 0.1) is 0 Å². The van der Waals surface area contributed by atoms with Gasteiger partial charge in [0.15, 0.2) is 16.0 Å². The van der Waals surface area contributed by atoms with E-state index in [2.05, 4.69) is 18.8 Å². The Bertz CT molecular complexity index is 940. The minimum absolute atomic E-state index is 0.117. The molecule has 0 unspecified atom stereocenters. The first-order valence-corrected chi connectivity index (χ1v) is 11.2. The SMILES string of the molecule is CC(C)Cc1sc(Cl)nc1C(=O)N1CCN(C(=O)[C@@H]2COc3ccccc3O2)CC1. The lowest BCUT2D eigenvalue weighted by molar-refractivity contribution is -0.142. The Labute approximate surface area is 184 Å². The molecule has 160 valence electrons. The van der Waals surface area contributed by atoms with E-state index in [0.29, 0.717) is 53.8 Å². The fourth-order valence-electron chi connectivity index (χ4n) is 3.62. The summed E-state index contributed by atoms with van der Waals surface area (Å²) in [4.78, 5) is 34.5. The molecule has 4 rings (SSSR count). The maximum Gasteiger partial charge on any atom is 0.273 e. The van der Waals surface area contributed by atoms with E-state index >= 15 is 0 Å². The van der Waals surface area contributed by atoms with Crippen LogP contribution >= 0.6 is 22.9 Å². The highest BCUT2D eigenvalue weighted by atomic mass is 35.5. The zero-order chi connectivity index (χ0) is 21.3. The maximum atomic E-state index is 13.0. The second kappa shape index (κ2) is 8.81. The molecule has 1 atom stereocenters. The van der Waals surface area contributed by atoms with Crippen LogP contribution in [0.3, 0.4) is 0 Å². The summed E-state index contributed by atoms with van der Waals surface area (Å²) in [5.74, 6) is 1.40. The van der Waals surface area contributed by atoms with Gasteiger partial charge in [-0.2, -0.15) is 0 Å². The van der Waals surface area contributed by atoms with Crippen molar-refractivity contribution in [2.75, 3.05) is 32.8 Å². The molecule has 1 saturated heterocycles. The van der Waals surface area contributed by atoms with Crippen LogP contribution in [-0.2, 0) is 11.2 Å². The fourth-order valence-corrected chi connectivity index (χ4v) is 4.97. The summed E-state index contributed by atoms with van der Waals surface area (Å²) in [6.07, 6.45) is 0.0989. The van der Waals surface area contributed by atoms with Crippen molar-refractivity contribution in [1.82, 2.24) is 14.8 Å². The second-order valence-electron chi connectivity index (χ2n) is 7.82. The summed E-state index contributed by atoms with van der Waals surface area (Å²) in [5, 5.41) is 0. The number of carbonyl (C=O) groups is 2. The number of rotatable bonds is 4. The van der Waals surface area contributed by atoms with Crippen LogP contribution in [-0.4, -0.2) is 65.5 Å². The Morgan fingerprint density at radius 3 is 2.53 bits per heavy atom. The molecule has 2 aliphatic heterocycles. The maximum absolute atomic E-state index is 13.0. The van der Waals surface area contributed by atoms with Crippen molar-refractivity contribution in [2.45, 2.75) is 26.4 Å². The second-order valence-corrected chi connectivity index (χ2v) is 9.48. The van der Waals surface area contributed by atoms with Gasteiger partial charge in [-0.15, -0.1) is 11.3 Å². The van der Waals surface area contributed by atoms with Gasteiger partial charge in [0, 0.05) is 31.1 Å². The average molecular weight is 450 g/mol. The fraction of sp³-hybridized carbons (Fsp3) is 0.476. The van der Waals surface area contributed by atoms with Gasteiger partial charge in [0.2, 0.25) is 6.10 Å². The molecule has 1 fully saturated rings. The van der Waals surface area contributed by atoms with Crippen molar-refractivity contribution in [3.05, 3.63) is 39.3 Å². The van der Waals surface area contributed by atoms with E-state index in [1.165, 1.54) is 11.3 Å². The quantitative estimate of drug-likeness (QED) is 0.717. The monoisotopic (exact) mass is 449 g/mol. The summed E-state index contributed by atoms with van der Waals surface area (Å²) in [6.45, 7) is 6.18. The Balaban J connectivity index is 1.36. The number of ether oxygens (including phenoxy) is 2. The smallest absolute Gasteiger partial charge is 0.273 e. The lowest BCUT2D eigenvalue weighted by Crippen LogP contribution is -2.55. The molecule has 0 saturated carbocycles. The van der Waals surface area contributed by atoms with Gasteiger partial charge in [0.1, 0.15) is 12.3 Å². The molecule has 7 nitrogen and oxygen atoms in total. The van der Waals surface area contributed by atoms with Crippen LogP contribution in [0.25, 0.3) is 0 Å². The van der Waals surface area contributed by atoms with Crippen molar-refractivity contribution < 1.29 is 19.1 Å². The van der Waals surface area contributed by atoms with Gasteiger partial charge >= 0.3 is 0 Å². The number of para-hydroxylation sites is 2. The van der Waals surface area contributed by atoms with Gasteiger partial charge in [-0.1, -0.05) is 37.6 Å². The number of fused-ring (bicyclic) bond motifs is 1. The van der Waals surface area contributed by atoms with Crippen LogP contribution in [0, 0.1) is 5.92 Å². The summed E-state index contributed by atoms with van der Waals surface area (Å²) >= 11 is 7.44. The molecule has 0 spiro atoms. The summed E-state index contributed by atoms with van der Waals surface area (Å²) in [5.41, 5.74) is 0.444. The first-order chi connectivity index (χ1) is 14.4. The number of hydrogen-bond acceptors (Lipinski definition) is 6. The molecule has 1 aromatic carbocycles. The molecule has 3 heterocycles. The molecule has 0 N–H and O–H groups in total. The zero-order valence-electron chi connectivity index (χ0n) is 17.0. The largest absolute Gasteiger partial charge is 0.485 e. The molecule has 0 radical (unpaired) electrons. The van der Waals surface area contributed by atoms with E-state index < -0.39 is 6.10 Å². The minimum atomic E-state index is -0.669. The Hall–Kier alpha value is -2.32. The van der Waals surface area contributed by atoms with Gasteiger partial charge in [0.25, 0.3) is 11.8 Å².